The Morgan fingerprint density at radius 2 is 1.71 bits per heavy atom. The fourth-order valence-corrected chi connectivity index (χ4v) is 2.87. The molecule has 28 heavy (non-hydrogen) atoms. The molecule has 0 unspecified atom stereocenters. The Kier molecular flexibility index (Phi) is 6.26. The number of carbonyl (C=O) groups excluding carboxylic acids is 3. The molecule has 3 amide bonds. The minimum Gasteiger partial charge on any atom is -0.497 e. The molecule has 0 spiro atoms. The van der Waals surface area contributed by atoms with Crippen LogP contribution in [0.5, 0.6) is 11.5 Å². The molecule has 1 heterocycles. The van der Waals surface area contributed by atoms with Gasteiger partial charge in [0.15, 0.2) is 0 Å². The second-order valence-electron chi connectivity index (χ2n) is 6.35. The minimum absolute atomic E-state index is 0.150. The van der Waals surface area contributed by atoms with E-state index in [9.17, 15) is 14.4 Å². The van der Waals surface area contributed by atoms with Gasteiger partial charge in [-0.3, -0.25) is 19.3 Å². The van der Waals surface area contributed by atoms with Crippen LogP contribution in [0, 0.1) is 0 Å². The highest BCUT2D eigenvalue weighted by atomic mass is 16.5. The predicted molar refractivity (Wildman–Crippen MR) is 102 cm³/mol. The van der Waals surface area contributed by atoms with Crippen molar-refractivity contribution >= 4 is 17.7 Å². The predicted octanol–water partition coefficient (Wildman–Crippen LogP) is 2.15. The van der Waals surface area contributed by atoms with E-state index in [1.807, 2.05) is 18.2 Å². The van der Waals surface area contributed by atoms with E-state index in [2.05, 4.69) is 5.32 Å². The highest BCUT2D eigenvalue weighted by Gasteiger charge is 2.28. The smallest absolute Gasteiger partial charge is 0.251 e. The first-order chi connectivity index (χ1) is 13.6. The summed E-state index contributed by atoms with van der Waals surface area (Å²) in [6.07, 6.45) is 0.550. The molecule has 0 saturated carbocycles. The zero-order valence-corrected chi connectivity index (χ0v) is 15.6. The molecule has 1 saturated heterocycles. The van der Waals surface area contributed by atoms with Crippen molar-refractivity contribution in [3.8, 4) is 11.5 Å². The van der Waals surface area contributed by atoms with E-state index in [1.54, 1.807) is 37.4 Å². The number of rotatable bonds is 8. The summed E-state index contributed by atoms with van der Waals surface area (Å²) < 4.78 is 10.7. The zero-order valence-electron chi connectivity index (χ0n) is 15.6. The van der Waals surface area contributed by atoms with Gasteiger partial charge in [0.25, 0.3) is 5.91 Å². The van der Waals surface area contributed by atoms with E-state index in [4.69, 9.17) is 9.47 Å². The van der Waals surface area contributed by atoms with E-state index < -0.39 is 0 Å². The molecule has 7 nitrogen and oxygen atoms in total. The van der Waals surface area contributed by atoms with Crippen LogP contribution in [0.1, 0.15) is 28.8 Å². The summed E-state index contributed by atoms with van der Waals surface area (Å²) in [5, 5.41) is 2.79. The lowest BCUT2D eigenvalue weighted by molar-refractivity contribution is -0.139. The molecule has 0 aliphatic carbocycles. The van der Waals surface area contributed by atoms with Gasteiger partial charge in [-0.2, -0.15) is 0 Å². The average molecular weight is 382 g/mol. The number of ether oxygens (including phenoxy) is 2. The van der Waals surface area contributed by atoms with Crippen LogP contribution in [0.25, 0.3) is 0 Å². The number of hydrogen-bond donors (Lipinski definition) is 1. The van der Waals surface area contributed by atoms with Gasteiger partial charge < -0.3 is 14.8 Å². The van der Waals surface area contributed by atoms with Crippen LogP contribution in [0.3, 0.4) is 0 Å². The van der Waals surface area contributed by atoms with Crippen molar-refractivity contribution in [3.63, 3.8) is 0 Å². The van der Waals surface area contributed by atoms with Crippen LogP contribution >= 0.6 is 0 Å². The summed E-state index contributed by atoms with van der Waals surface area (Å²) in [6.45, 7) is 0.929. The summed E-state index contributed by atoms with van der Waals surface area (Å²) >= 11 is 0. The molecule has 1 aliphatic rings. The van der Waals surface area contributed by atoms with E-state index in [0.717, 1.165) is 5.56 Å². The summed E-state index contributed by atoms with van der Waals surface area (Å²) in [6, 6.07) is 14.1. The first-order valence-corrected chi connectivity index (χ1v) is 9.04. The quantitative estimate of drug-likeness (QED) is 0.559. The fourth-order valence-electron chi connectivity index (χ4n) is 2.87. The number of carbonyl (C=O) groups is 3. The Morgan fingerprint density at radius 1 is 1.04 bits per heavy atom. The van der Waals surface area contributed by atoms with Gasteiger partial charge in [0.2, 0.25) is 11.8 Å². The van der Waals surface area contributed by atoms with Crippen molar-refractivity contribution in [2.75, 3.05) is 20.3 Å². The van der Waals surface area contributed by atoms with Crippen molar-refractivity contribution in [1.82, 2.24) is 10.2 Å². The Balaban J connectivity index is 1.45. The summed E-state index contributed by atoms with van der Waals surface area (Å²) in [5.74, 6) is 0.864. The number of imide groups is 1. The van der Waals surface area contributed by atoms with Crippen molar-refractivity contribution in [1.29, 1.82) is 0 Å². The number of likely N-dealkylation sites (tertiary alicyclic amines) is 1. The van der Waals surface area contributed by atoms with Gasteiger partial charge in [-0.1, -0.05) is 18.2 Å². The normalized spacial score (nSPS) is 13.5. The Morgan fingerprint density at radius 3 is 2.39 bits per heavy atom. The summed E-state index contributed by atoms with van der Waals surface area (Å²) in [4.78, 5) is 36.8. The molecule has 3 rings (SSSR count). The van der Waals surface area contributed by atoms with Gasteiger partial charge in [0.1, 0.15) is 18.1 Å². The summed E-state index contributed by atoms with van der Waals surface area (Å²) in [5.41, 5.74) is 1.31. The second kappa shape index (κ2) is 9.03. The maximum Gasteiger partial charge on any atom is 0.251 e. The molecule has 2 aromatic rings. The Bertz CT molecular complexity index is 847. The molecule has 1 aliphatic heterocycles. The highest BCUT2D eigenvalue weighted by Crippen LogP contribution is 2.18. The van der Waals surface area contributed by atoms with Crippen molar-refractivity contribution < 1.29 is 23.9 Å². The number of nitrogens with zero attached hydrogens (tertiary/aromatic N) is 1. The van der Waals surface area contributed by atoms with Crippen LogP contribution in [-0.4, -0.2) is 42.9 Å². The lowest BCUT2D eigenvalue weighted by Crippen LogP contribution is -2.29. The molecule has 0 radical (unpaired) electrons. The number of methoxy groups -OCH3 is 1. The third-order valence-electron chi connectivity index (χ3n) is 4.41. The van der Waals surface area contributed by atoms with Crippen LogP contribution in [-0.2, 0) is 16.1 Å². The van der Waals surface area contributed by atoms with Crippen molar-refractivity contribution in [2.45, 2.75) is 19.4 Å². The third-order valence-corrected chi connectivity index (χ3v) is 4.41. The standard InChI is InChI=1S/C21H22N2O5/c1-27-17-3-2-4-18(13-17)28-12-11-22-21(26)16-7-5-15(6-8-16)14-23-19(24)9-10-20(23)25/h2-8,13H,9-12,14H2,1H3,(H,22,26). The van der Waals surface area contributed by atoms with Crippen LogP contribution in [0.2, 0.25) is 0 Å². The van der Waals surface area contributed by atoms with E-state index in [1.165, 1.54) is 4.90 Å². The van der Waals surface area contributed by atoms with Crippen molar-refractivity contribution in [3.05, 3.63) is 59.7 Å². The number of nitrogens with one attached hydrogen (secondary N) is 1. The van der Waals surface area contributed by atoms with Crippen LogP contribution in [0.4, 0.5) is 0 Å². The lowest BCUT2D eigenvalue weighted by atomic mass is 10.1. The fraction of sp³-hybridized carbons (Fsp3) is 0.286. The van der Waals surface area contributed by atoms with Crippen LogP contribution < -0.4 is 14.8 Å². The van der Waals surface area contributed by atoms with E-state index >= 15 is 0 Å². The Labute approximate surface area is 163 Å². The SMILES string of the molecule is COc1cccc(OCCNC(=O)c2ccc(CN3C(=O)CCC3=O)cc2)c1. The average Bonchev–Trinajstić information content (AvgIpc) is 3.04. The maximum atomic E-state index is 12.2. The van der Waals surface area contributed by atoms with E-state index in [-0.39, 0.29) is 37.1 Å². The maximum absolute atomic E-state index is 12.2. The van der Waals surface area contributed by atoms with Gasteiger partial charge in [0.05, 0.1) is 20.2 Å². The molecule has 1 fully saturated rings. The third kappa shape index (κ3) is 4.88. The largest absolute Gasteiger partial charge is 0.497 e. The van der Waals surface area contributed by atoms with Gasteiger partial charge in [-0.15, -0.1) is 0 Å². The first-order valence-electron chi connectivity index (χ1n) is 9.04. The molecule has 0 aromatic heterocycles. The van der Waals surface area contributed by atoms with Gasteiger partial charge in [-0.25, -0.2) is 0 Å². The number of benzene rings is 2. The lowest BCUT2D eigenvalue weighted by Gasteiger charge is -2.14. The highest BCUT2D eigenvalue weighted by molar-refractivity contribution is 6.01. The monoisotopic (exact) mass is 382 g/mol. The molecule has 2 aromatic carbocycles. The molecular formula is C21H22N2O5. The number of hydrogen-bond acceptors (Lipinski definition) is 5. The van der Waals surface area contributed by atoms with Gasteiger partial charge in [-0.05, 0) is 29.8 Å². The molecule has 146 valence electrons. The molecule has 7 heteroatoms. The first kappa shape index (κ1) is 19.4. The number of amides is 3. The second-order valence-corrected chi connectivity index (χ2v) is 6.35. The molecular weight excluding hydrogens is 360 g/mol. The topological polar surface area (TPSA) is 84.9 Å². The van der Waals surface area contributed by atoms with E-state index in [0.29, 0.717) is 30.2 Å². The Hall–Kier alpha value is -3.35. The van der Waals surface area contributed by atoms with Crippen LogP contribution in [0.15, 0.2) is 48.5 Å². The van der Waals surface area contributed by atoms with Gasteiger partial charge in [0, 0.05) is 24.5 Å². The zero-order chi connectivity index (χ0) is 19.9. The minimum atomic E-state index is -0.214. The molecule has 0 bridgehead atoms. The molecule has 1 N–H and O–H groups in total. The van der Waals surface area contributed by atoms with Crippen molar-refractivity contribution in [2.24, 2.45) is 0 Å². The summed E-state index contributed by atoms with van der Waals surface area (Å²) in [7, 11) is 1.59. The van der Waals surface area contributed by atoms with Gasteiger partial charge >= 0.3 is 0 Å². The molecule has 0 atom stereocenters.